The van der Waals surface area contributed by atoms with E-state index in [9.17, 15) is 19.5 Å². The number of carbonyl (C=O) groups excluding carboxylic acids is 2. The summed E-state index contributed by atoms with van der Waals surface area (Å²) in [6.45, 7) is 14.8. The average Bonchev–Trinajstić information content (AvgIpc) is 2.85. The molecule has 0 spiro atoms. The Morgan fingerprint density at radius 2 is 1.68 bits per heavy atom. The molecule has 1 aliphatic heterocycles. The number of hydrogen-bond donors (Lipinski definition) is 2. The molecule has 2 amide bonds. The highest BCUT2D eigenvalue weighted by Crippen LogP contribution is 2.27. The molecular weight excluding hydrogens is 482 g/mol. The van der Waals surface area contributed by atoms with Crippen LogP contribution in [-0.4, -0.2) is 78.1 Å². The molecule has 2 N–H and O–H groups in total. The third-order valence-corrected chi connectivity index (χ3v) is 6.95. The predicted octanol–water partition coefficient (Wildman–Crippen LogP) is 5.46. The quantitative estimate of drug-likeness (QED) is 0.230. The summed E-state index contributed by atoms with van der Waals surface area (Å²) in [5.41, 5.74) is 0.868. The van der Waals surface area contributed by atoms with Crippen LogP contribution in [0, 0.1) is 11.3 Å². The summed E-state index contributed by atoms with van der Waals surface area (Å²) in [4.78, 5) is 40.8. The zero-order valence-electron chi connectivity index (χ0n) is 24.1. The number of rotatable bonds is 15. The molecule has 1 saturated heterocycles. The van der Waals surface area contributed by atoms with Crippen molar-refractivity contribution < 1.29 is 24.2 Å². The van der Waals surface area contributed by atoms with Gasteiger partial charge in [0.1, 0.15) is 11.8 Å². The monoisotopic (exact) mass is 531 g/mol. The van der Waals surface area contributed by atoms with Gasteiger partial charge in [-0.3, -0.25) is 14.5 Å². The number of hydrogen-bond acceptors (Lipinski definition) is 5. The highest BCUT2D eigenvalue weighted by Gasteiger charge is 2.30. The smallest absolute Gasteiger partial charge is 0.405 e. The third kappa shape index (κ3) is 11.8. The van der Waals surface area contributed by atoms with Crippen LogP contribution in [0.25, 0.3) is 0 Å². The number of nitrogens with one attached hydrogen (secondary N) is 1. The maximum Gasteiger partial charge on any atom is 0.405 e. The number of Topliss-reactive ketones (excluding diaryl/α,β-unsaturated/α-hetero) is 1. The number of unbranched alkanes of at least 4 members (excludes halogenated alkanes) is 2. The number of ketones is 1. The van der Waals surface area contributed by atoms with Crippen LogP contribution < -0.4 is 10.1 Å². The molecule has 1 unspecified atom stereocenters. The van der Waals surface area contributed by atoms with Gasteiger partial charge in [-0.2, -0.15) is 0 Å². The summed E-state index contributed by atoms with van der Waals surface area (Å²) in [5, 5.41) is 11.7. The van der Waals surface area contributed by atoms with Crippen LogP contribution in [0.4, 0.5) is 4.79 Å². The maximum atomic E-state index is 13.1. The van der Waals surface area contributed by atoms with Gasteiger partial charge in [-0.25, -0.2) is 4.79 Å². The Kier molecular flexibility index (Phi) is 13.1. The van der Waals surface area contributed by atoms with Crippen molar-refractivity contribution in [1.82, 2.24) is 15.1 Å². The van der Waals surface area contributed by atoms with E-state index in [0.29, 0.717) is 32.5 Å². The van der Waals surface area contributed by atoms with Crippen molar-refractivity contribution in [2.75, 3.05) is 39.3 Å². The Morgan fingerprint density at radius 1 is 1.03 bits per heavy atom. The number of piperazine rings is 1. The summed E-state index contributed by atoms with van der Waals surface area (Å²) in [6.07, 6.45) is 4.86. The second-order valence-corrected chi connectivity index (χ2v) is 11.9. The Bertz CT molecular complexity index is 873. The van der Waals surface area contributed by atoms with E-state index in [-0.39, 0.29) is 23.0 Å². The van der Waals surface area contributed by atoms with Gasteiger partial charge in [-0.15, -0.1) is 0 Å². The SMILES string of the molecule is CCCCCC(=O)c1ccc(OCCCN2CCN(C(=O)[C@@H](CC(C)CC(C)(C)C)NC(=O)O)CC2)cc1. The van der Waals surface area contributed by atoms with E-state index in [1.165, 1.54) is 0 Å². The van der Waals surface area contributed by atoms with Crippen molar-refractivity contribution in [2.45, 2.75) is 85.6 Å². The van der Waals surface area contributed by atoms with Crippen molar-refractivity contribution in [2.24, 2.45) is 11.3 Å². The summed E-state index contributed by atoms with van der Waals surface area (Å²) in [5.74, 6) is 1.07. The molecular formula is C30H49N3O5. The zero-order valence-corrected chi connectivity index (χ0v) is 24.1. The van der Waals surface area contributed by atoms with Crippen LogP contribution in [0.3, 0.4) is 0 Å². The van der Waals surface area contributed by atoms with Gasteiger partial charge in [0.05, 0.1) is 6.61 Å². The van der Waals surface area contributed by atoms with Crippen LogP contribution in [-0.2, 0) is 4.79 Å². The molecule has 1 aromatic rings. The number of carbonyl (C=O) groups is 3. The number of nitrogens with zero attached hydrogens (tertiary/aromatic N) is 2. The highest BCUT2D eigenvalue weighted by molar-refractivity contribution is 5.96. The van der Waals surface area contributed by atoms with E-state index in [1.54, 1.807) is 4.90 Å². The minimum absolute atomic E-state index is 0.122. The van der Waals surface area contributed by atoms with E-state index in [0.717, 1.165) is 63.1 Å². The highest BCUT2D eigenvalue weighted by atomic mass is 16.5. The first kappa shape index (κ1) is 31.6. The molecule has 0 radical (unpaired) electrons. The van der Waals surface area contributed by atoms with E-state index < -0.39 is 12.1 Å². The standard InChI is InChI=1S/C30H49N3O5/c1-6-7-8-10-27(34)24-11-13-25(14-12-24)38-20-9-15-32-16-18-33(19-17-32)28(35)26(31-29(36)37)21-23(2)22-30(3,4)5/h11-14,23,26,31H,6-10,15-22H2,1-5H3,(H,36,37)/t23?,26-/m1/s1. The molecule has 2 rings (SSSR count). The number of amides is 2. The lowest BCUT2D eigenvalue weighted by atomic mass is 9.82. The molecule has 0 aromatic heterocycles. The molecule has 1 aliphatic rings. The van der Waals surface area contributed by atoms with Gasteiger partial charge >= 0.3 is 6.09 Å². The van der Waals surface area contributed by atoms with Crippen LogP contribution in [0.5, 0.6) is 5.75 Å². The minimum atomic E-state index is -1.15. The van der Waals surface area contributed by atoms with E-state index in [1.807, 2.05) is 24.3 Å². The lowest BCUT2D eigenvalue weighted by Crippen LogP contribution is -2.55. The maximum absolute atomic E-state index is 13.1. The van der Waals surface area contributed by atoms with Crippen molar-refractivity contribution in [1.29, 1.82) is 0 Å². The summed E-state index contributed by atoms with van der Waals surface area (Å²) in [7, 11) is 0. The Balaban J connectivity index is 1.72. The topological polar surface area (TPSA) is 99.2 Å². The van der Waals surface area contributed by atoms with E-state index >= 15 is 0 Å². The molecule has 8 nitrogen and oxygen atoms in total. The first-order valence-corrected chi connectivity index (χ1v) is 14.2. The molecule has 8 heteroatoms. The lowest BCUT2D eigenvalue weighted by molar-refractivity contribution is -0.135. The first-order chi connectivity index (χ1) is 18.0. The normalized spacial score (nSPS) is 16.1. The van der Waals surface area contributed by atoms with Gasteiger partial charge in [-0.05, 0) is 61.3 Å². The Hall–Kier alpha value is -2.61. The van der Waals surface area contributed by atoms with Crippen molar-refractivity contribution in [3.05, 3.63) is 29.8 Å². The second-order valence-electron chi connectivity index (χ2n) is 11.9. The number of carboxylic acid groups (broad SMARTS) is 1. The molecule has 1 aromatic carbocycles. The molecule has 1 fully saturated rings. The number of benzene rings is 1. The first-order valence-electron chi connectivity index (χ1n) is 14.2. The van der Waals surface area contributed by atoms with Gasteiger partial charge in [0, 0.05) is 44.7 Å². The third-order valence-electron chi connectivity index (χ3n) is 6.95. The van der Waals surface area contributed by atoms with Crippen molar-refractivity contribution in [3.63, 3.8) is 0 Å². The second kappa shape index (κ2) is 15.7. The van der Waals surface area contributed by atoms with Crippen molar-refractivity contribution >= 4 is 17.8 Å². The average molecular weight is 532 g/mol. The molecule has 0 saturated carbocycles. The zero-order chi connectivity index (χ0) is 28.1. The summed E-state index contributed by atoms with van der Waals surface area (Å²) < 4.78 is 5.86. The Morgan fingerprint density at radius 3 is 2.26 bits per heavy atom. The number of ether oxygens (including phenoxy) is 1. The molecule has 0 aliphatic carbocycles. The fraction of sp³-hybridized carbons (Fsp3) is 0.700. The van der Waals surface area contributed by atoms with Crippen LogP contribution in [0.2, 0.25) is 0 Å². The van der Waals surface area contributed by atoms with Gasteiger partial charge in [0.15, 0.2) is 5.78 Å². The molecule has 214 valence electrons. The van der Waals surface area contributed by atoms with Gasteiger partial charge < -0.3 is 20.1 Å². The van der Waals surface area contributed by atoms with Crippen LogP contribution in [0.1, 0.15) is 89.9 Å². The van der Waals surface area contributed by atoms with E-state index in [2.05, 4.69) is 44.8 Å². The summed E-state index contributed by atoms with van der Waals surface area (Å²) >= 11 is 0. The molecule has 1 heterocycles. The molecule has 0 bridgehead atoms. The summed E-state index contributed by atoms with van der Waals surface area (Å²) in [6, 6.07) is 6.71. The van der Waals surface area contributed by atoms with Crippen LogP contribution in [0.15, 0.2) is 24.3 Å². The van der Waals surface area contributed by atoms with Gasteiger partial charge in [0.25, 0.3) is 0 Å². The largest absolute Gasteiger partial charge is 0.494 e. The predicted molar refractivity (Wildman–Crippen MR) is 151 cm³/mol. The lowest BCUT2D eigenvalue weighted by Gasteiger charge is -2.37. The molecule has 2 atom stereocenters. The fourth-order valence-electron chi connectivity index (χ4n) is 5.21. The fourth-order valence-corrected chi connectivity index (χ4v) is 5.21. The van der Waals surface area contributed by atoms with Gasteiger partial charge in [-0.1, -0.05) is 47.5 Å². The van der Waals surface area contributed by atoms with Gasteiger partial charge in [0.2, 0.25) is 5.91 Å². The van der Waals surface area contributed by atoms with Crippen LogP contribution >= 0.6 is 0 Å². The Labute approximate surface area is 229 Å². The minimum Gasteiger partial charge on any atom is -0.494 e. The molecule has 38 heavy (non-hydrogen) atoms. The van der Waals surface area contributed by atoms with E-state index in [4.69, 9.17) is 4.74 Å². The van der Waals surface area contributed by atoms with Crippen molar-refractivity contribution in [3.8, 4) is 5.75 Å².